The van der Waals surface area contributed by atoms with E-state index >= 15 is 0 Å². The first kappa shape index (κ1) is 14.0. The molecule has 2 N–H and O–H groups in total. The summed E-state index contributed by atoms with van der Waals surface area (Å²) in [6, 6.07) is 10.9. The zero-order valence-corrected chi connectivity index (χ0v) is 11.7. The van der Waals surface area contributed by atoms with Crippen molar-refractivity contribution in [3.05, 3.63) is 47.8 Å². The van der Waals surface area contributed by atoms with Gasteiger partial charge in [-0.05, 0) is 29.4 Å². The first-order valence-corrected chi connectivity index (χ1v) is 7.02. The molecule has 2 aromatic rings. The van der Waals surface area contributed by atoms with Gasteiger partial charge in [-0.1, -0.05) is 57.0 Å². The fourth-order valence-corrected chi connectivity index (χ4v) is 2.51. The summed E-state index contributed by atoms with van der Waals surface area (Å²) in [5, 5.41) is 1.61. The summed E-state index contributed by atoms with van der Waals surface area (Å²) in [6.45, 7) is 4.44. The fourth-order valence-electron chi connectivity index (χ4n) is 2.51. The van der Waals surface area contributed by atoms with E-state index in [-0.39, 0.29) is 11.9 Å². The molecule has 1 nitrogen and oxygen atoms in total. The Morgan fingerprint density at radius 3 is 2.37 bits per heavy atom. The average molecular weight is 259 g/mol. The molecule has 1 unspecified atom stereocenters. The van der Waals surface area contributed by atoms with Crippen molar-refractivity contribution < 1.29 is 4.39 Å². The molecule has 0 amide bonds. The van der Waals surface area contributed by atoms with E-state index in [0.29, 0.717) is 11.3 Å². The molecule has 0 spiro atoms. The first-order chi connectivity index (χ1) is 9.09. The van der Waals surface area contributed by atoms with E-state index in [9.17, 15) is 4.39 Å². The third-order valence-electron chi connectivity index (χ3n) is 3.60. The number of benzene rings is 2. The van der Waals surface area contributed by atoms with Crippen LogP contribution in [0.3, 0.4) is 0 Å². The third-order valence-corrected chi connectivity index (χ3v) is 3.60. The molecule has 0 aliphatic carbocycles. The summed E-state index contributed by atoms with van der Waals surface area (Å²) in [5.74, 6) is 0.533. The maximum absolute atomic E-state index is 13.7. The largest absolute Gasteiger partial charge is 0.324 e. The van der Waals surface area contributed by atoms with Crippen LogP contribution in [0.25, 0.3) is 10.8 Å². The number of hydrogen-bond donors (Lipinski definition) is 1. The van der Waals surface area contributed by atoms with Crippen LogP contribution < -0.4 is 5.73 Å². The Kier molecular flexibility index (Phi) is 4.54. The Labute approximate surface area is 114 Å². The Morgan fingerprint density at radius 2 is 1.68 bits per heavy atom. The van der Waals surface area contributed by atoms with E-state index in [4.69, 9.17) is 5.73 Å². The lowest BCUT2D eigenvalue weighted by atomic mass is 9.94. The summed E-state index contributed by atoms with van der Waals surface area (Å²) in [6.07, 6.45) is 3.26. The molecular formula is C17H22FN. The third kappa shape index (κ3) is 3.32. The highest BCUT2D eigenvalue weighted by Crippen LogP contribution is 2.28. The molecule has 0 aromatic heterocycles. The van der Waals surface area contributed by atoms with Crippen molar-refractivity contribution in [1.29, 1.82) is 0 Å². The quantitative estimate of drug-likeness (QED) is 0.819. The second-order valence-electron chi connectivity index (χ2n) is 5.61. The van der Waals surface area contributed by atoms with Gasteiger partial charge in [-0.25, -0.2) is 4.39 Å². The van der Waals surface area contributed by atoms with E-state index in [1.807, 2.05) is 30.3 Å². The zero-order valence-electron chi connectivity index (χ0n) is 11.7. The van der Waals surface area contributed by atoms with Crippen LogP contribution >= 0.6 is 0 Å². The smallest absolute Gasteiger partial charge is 0.131 e. The summed E-state index contributed by atoms with van der Waals surface area (Å²) >= 11 is 0. The van der Waals surface area contributed by atoms with Crippen molar-refractivity contribution in [1.82, 2.24) is 0 Å². The summed E-state index contributed by atoms with van der Waals surface area (Å²) in [5.41, 5.74) is 7.33. The Hall–Kier alpha value is -1.41. The second kappa shape index (κ2) is 6.16. The highest BCUT2D eigenvalue weighted by molar-refractivity contribution is 5.86. The Bertz CT molecular complexity index is 548. The number of fused-ring (bicyclic) bond motifs is 1. The van der Waals surface area contributed by atoms with Gasteiger partial charge in [-0.15, -0.1) is 0 Å². The van der Waals surface area contributed by atoms with Gasteiger partial charge in [-0.2, -0.15) is 0 Å². The van der Waals surface area contributed by atoms with E-state index < -0.39 is 0 Å². The monoisotopic (exact) mass is 259 g/mol. The molecule has 2 rings (SSSR count). The standard InChI is InChI=1S/C17H22FN/c1-12(2)6-5-9-17(19)15-10-11-16(18)14-8-4-3-7-13(14)15/h3-4,7-8,10-12,17H,5-6,9,19H2,1-2H3. The van der Waals surface area contributed by atoms with Gasteiger partial charge < -0.3 is 5.73 Å². The summed E-state index contributed by atoms with van der Waals surface area (Å²) < 4.78 is 13.7. The van der Waals surface area contributed by atoms with Gasteiger partial charge in [0.05, 0.1) is 0 Å². The lowest BCUT2D eigenvalue weighted by Crippen LogP contribution is -2.11. The molecule has 0 saturated heterocycles. The van der Waals surface area contributed by atoms with Crippen LogP contribution in [0.15, 0.2) is 36.4 Å². The Balaban J connectivity index is 2.22. The number of rotatable bonds is 5. The van der Waals surface area contributed by atoms with Crippen LogP contribution in [-0.2, 0) is 0 Å². The molecule has 0 radical (unpaired) electrons. The number of hydrogen-bond acceptors (Lipinski definition) is 1. The molecule has 0 aliphatic heterocycles. The molecule has 0 heterocycles. The molecule has 19 heavy (non-hydrogen) atoms. The Morgan fingerprint density at radius 1 is 1.00 bits per heavy atom. The minimum atomic E-state index is -0.172. The molecule has 0 fully saturated rings. The van der Waals surface area contributed by atoms with Crippen molar-refractivity contribution in [2.24, 2.45) is 11.7 Å². The highest BCUT2D eigenvalue weighted by atomic mass is 19.1. The SMILES string of the molecule is CC(C)CCCC(N)c1ccc(F)c2ccccc12. The van der Waals surface area contributed by atoms with Crippen LogP contribution in [0.4, 0.5) is 4.39 Å². The van der Waals surface area contributed by atoms with Crippen LogP contribution in [0.5, 0.6) is 0 Å². The molecule has 2 heteroatoms. The second-order valence-corrected chi connectivity index (χ2v) is 5.61. The predicted octanol–water partition coefficient (Wildman–Crippen LogP) is 4.81. The van der Waals surface area contributed by atoms with Crippen molar-refractivity contribution >= 4 is 10.8 Å². The topological polar surface area (TPSA) is 26.0 Å². The molecule has 102 valence electrons. The van der Waals surface area contributed by atoms with Crippen molar-refractivity contribution in [2.75, 3.05) is 0 Å². The van der Waals surface area contributed by atoms with Gasteiger partial charge in [0, 0.05) is 11.4 Å². The van der Waals surface area contributed by atoms with Crippen molar-refractivity contribution in [3.8, 4) is 0 Å². The molecule has 1 atom stereocenters. The maximum atomic E-state index is 13.7. The predicted molar refractivity (Wildman–Crippen MR) is 79.5 cm³/mol. The van der Waals surface area contributed by atoms with Gasteiger partial charge in [0.2, 0.25) is 0 Å². The lowest BCUT2D eigenvalue weighted by molar-refractivity contribution is 0.506. The average Bonchev–Trinajstić information content (AvgIpc) is 2.39. The van der Waals surface area contributed by atoms with Crippen LogP contribution in [-0.4, -0.2) is 0 Å². The number of halogens is 1. The minimum absolute atomic E-state index is 0.00995. The minimum Gasteiger partial charge on any atom is -0.324 e. The van der Waals surface area contributed by atoms with Crippen LogP contribution in [0.2, 0.25) is 0 Å². The van der Waals surface area contributed by atoms with Crippen molar-refractivity contribution in [3.63, 3.8) is 0 Å². The van der Waals surface area contributed by atoms with Crippen LogP contribution in [0, 0.1) is 11.7 Å². The number of nitrogens with two attached hydrogens (primary N) is 1. The van der Waals surface area contributed by atoms with Gasteiger partial charge in [0.15, 0.2) is 0 Å². The van der Waals surface area contributed by atoms with Crippen molar-refractivity contribution in [2.45, 2.75) is 39.2 Å². The maximum Gasteiger partial charge on any atom is 0.131 e. The van der Waals surface area contributed by atoms with Crippen LogP contribution in [0.1, 0.15) is 44.7 Å². The first-order valence-electron chi connectivity index (χ1n) is 7.02. The van der Waals surface area contributed by atoms with Gasteiger partial charge in [0.1, 0.15) is 5.82 Å². The summed E-state index contributed by atoms with van der Waals surface area (Å²) in [4.78, 5) is 0. The van der Waals surface area contributed by atoms with E-state index in [1.54, 1.807) is 0 Å². The van der Waals surface area contributed by atoms with E-state index in [2.05, 4.69) is 13.8 Å². The molecule has 0 aliphatic rings. The fraction of sp³-hybridized carbons (Fsp3) is 0.412. The molecule has 0 bridgehead atoms. The molecule has 0 saturated carbocycles. The zero-order chi connectivity index (χ0) is 13.8. The highest BCUT2D eigenvalue weighted by Gasteiger charge is 2.12. The van der Waals surface area contributed by atoms with Gasteiger partial charge >= 0.3 is 0 Å². The van der Waals surface area contributed by atoms with Gasteiger partial charge in [-0.3, -0.25) is 0 Å². The molecule has 2 aromatic carbocycles. The lowest BCUT2D eigenvalue weighted by Gasteiger charge is -2.15. The normalized spacial score (nSPS) is 13.1. The van der Waals surface area contributed by atoms with Gasteiger partial charge in [0.25, 0.3) is 0 Å². The van der Waals surface area contributed by atoms with E-state index in [1.165, 1.54) is 12.5 Å². The van der Waals surface area contributed by atoms with E-state index in [0.717, 1.165) is 23.8 Å². The summed E-state index contributed by atoms with van der Waals surface area (Å²) in [7, 11) is 0. The molecular weight excluding hydrogens is 237 g/mol.